The van der Waals surface area contributed by atoms with Crippen molar-refractivity contribution in [3.63, 3.8) is 0 Å². The molecule has 0 fully saturated rings. The van der Waals surface area contributed by atoms with Gasteiger partial charge in [0.1, 0.15) is 5.82 Å². The third-order valence-corrected chi connectivity index (χ3v) is 3.30. The second-order valence-electron chi connectivity index (χ2n) is 4.62. The predicted octanol–water partition coefficient (Wildman–Crippen LogP) is 2.96. The molecule has 2 nitrogen and oxygen atoms in total. The summed E-state index contributed by atoms with van der Waals surface area (Å²) in [5, 5.41) is 0. The van der Waals surface area contributed by atoms with Crippen LogP contribution in [0.2, 0.25) is 0 Å². The molecular weight excluding hydrogens is 239 g/mol. The van der Waals surface area contributed by atoms with E-state index in [0.717, 1.165) is 18.7 Å². The molecule has 2 rings (SSSR count). The van der Waals surface area contributed by atoms with Crippen molar-refractivity contribution in [2.24, 2.45) is 5.73 Å². The molecule has 0 atom stereocenters. The molecule has 0 heterocycles. The summed E-state index contributed by atoms with van der Waals surface area (Å²) in [5.74, 6) is -0.202. The van der Waals surface area contributed by atoms with Crippen LogP contribution in [0, 0.1) is 5.82 Å². The first-order valence-corrected chi connectivity index (χ1v) is 6.44. The molecule has 0 radical (unpaired) electrons. The van der Waals surface area contributed by atoms with E-state index in [0.29, 0.717) is 6.54 Å². The van der Waals surface area contributed by atoms with Gasteiger partial charge in [0.15, 0.2) is 0 Å². The van der Waals surface area contributed by atoms with Gasteiger partial charge in [0, 0.05) is 25.8 Å². The van der Waals surface area contributed by atoms with E-state index in [-0.39, 0.29) is 5.82 Å². The van der Waals surface area contributed by atoms with Crippen LogP contribution in [0.5, 0.6) is 0 Å². The minimum Gasteiger partial charge on any atom is -0.374 e. The zero-order valence-corrected chi connectivity index (χ0v) is 11.1. The zero-order chi connectivity index (χ0) is 13.7. The summed E-state index contributed by atoms with van der Waals surface area (Å²) >= 11 is 0. The summed E-state index contributed by atoms with van der Waals surface area (Å²) < 4.78 is 13.2. The summed E-state index contributed by atoms with van der Waals surface area (Å²) in [7, 11) is 1.97. The molecule has 0 saturated heterocycles. The van der Waals surface area contributed by atoms with Crippen molar-refractivity contribution in [3.8, 4) is 0 Å². The summed E-state index contributed by atoms with van der Waals surface area (Å²) in [6.07, 6.45) is 0.903. The van der Waals surface area contributed by atoms with Crippen LogP contribution in [-0.2, 0) is 13.0 Å². The smallest absolute Gasteiger partial charge is 0.125 e. The fourth-order valence-electron chi connectivity index (χ4n) is 2.13. The molecule has 100 valence electrons. The normalized spacial score (nSPS) is 10.5. The molecule has 0 bridgehead atoms. The molecule has 0 aromatic heterocycles. The topological polar surface area (TPSA) is 29.3 Å². The molecular formula is C16H19FN2. The van der Waals surface area contributed by atoms with Crippen LogP contribution in [0.15, 0.2) is 48.5 Å². The summed E-state index contributed by atoms with van der Waals surface area (Å²) in [6.45, 7) is 1.39. The highest BCUT2D eigenvalue weighted by Crippen LogP contribution is 2.15. The SMILES string of the molecule is CN(CCc1ccccc1CN)c1cccc(F)c1. The molecule has 0 spiro atoms. The van der Waals surface area contributed by atoms with Gasteiger partial charge in [-0.15, -0.1) is 0 Å². The number of likely N-dealkylation sites (N-methyl/N-ethyl adjacent to an activating group) is 1. The van der Waals surface area contributed by atoms with Crippen molar-refractivity contribution >= 4 is 5.69 Å². The van der Waals surface area contributed by atoms with Crippen LogP contribution in [0.4, 0.5) is 10.1 Å². The predicted molar refractivity (Wildman–Crippen MR) is 77.7 cm³/mol. The van der Waals surface area contributed by atoms with Crippen molar-refractivity contribution < 1.29 is 4.39 Å². The van der Waals surface area contributed by atoms with E-state index >= 15 is 0 Å². The Hall–Kier alpha value is -1.87. The Morgan fingerprint density at radius 2 is 1.79 bits per heavy atom. The fourth-order valence-corrected chi connectivity index (χ4v) is 2.13. The van der Waals surface area contributed by atoms with Crippen LogP contribution in [-0.4, -0.2) is 13.6 Å². The van der Waals surface area contributed by atoms with E-state index in [1.165, 1.54) is 17.2 Å². The Labute approximate surface area is 113 Å². The monoisotopic (exact) mass is 258 g/mol. The van der Waals surface area contributed by atoms with Gasteiger partial charge >= 0.3 is 0 Å². The standard InChI is InChI=1S/C16H19FN2/c1-19(16-8-4-7-15(17)11-16)10-9-13-5-2-3-6-14(13)12-18/h2-8,11H,9-10,12,18H2,1H3. The van der Waals surface area contributed by atoms with Gasteiger partial charge in [-0.2, -0.15) is 0 Å². The molecule has 2 aromatic carbocycles. The minimum atomic E-state index is -0.202. The van der Waals surface area contributed by atoms with E-state index in [1.807, 2.05) is 25.2 Å². The lowest BCUT2D eigenvalue weighted by Gasteiger charge is -2.20. The van der Waals surface area contributed by atoms with Gasteiger partial charge in [-0.05, 0) is 35.7 Å². The summed E-state index contributed by atoms with van der Waals surface area (Å²) in [5.41, 5.74) is 9.05. The lowest BCUT2D eigenvalue weighted by molar-refractivity contribution is 0.627. The summed E-state index contributed by atoms with van der Waals surface area (Å²) in [4.78, 5) is 2.05. The highest BCUT2D eigenvalue weighted by molar-refractivity contribution is 5.45. The third-order valence-electron chi connectivity index (χ3n) is 3.30. The Bertz CT molecular complexity index is 540. The molecule has 0 aliphatic carbocycles. The van der Waals surface area contributed by atoms with E-state index < -0.39 is 0 Å². The first kappa shape index (κ1) is 13.6. The third kappa shape index (κ3) is 3.55. The molecule has 0 aliphatic rings. The maximum Gasteiger partial charge on any atom is 0.125 e. The molecule has 2 aromatic rings. The largest absolute Gasteiger partial charge is 0.374 e. The van der Waals surface area contributed by atoms with Crippen molar-refractivity contribution in [1.82, 2.24) is 0 Å². The Balaban J connectivity index is 2.02. The minimum absolute atomic E-state index is 0.202. The molecule has 0 amide bonds. The van der Waals surface area contributed by atoms with Gasteiger partial charge in [0.25, 0.3) is 0 Å². The molecule has 0 unspecified atom stereocenters. The zero-order valence-electron chi connectivity index (χ0n) is 11.1. The quantitative estimate of drug-likeness (QED) is 0.893. The Morgan fingerprint density at radius 1 is 1.05 bits per heavy atom. The molecule has 0 saturated carbocycles. The van der Waals surface area contributed by atoms with E-state index in [4.69, 9.17) is 5.73 Å². The van der Waals surface area contributed by atoms with E-state index in [2.05, 4.69) is 17.0 Å². The van der Waals surface area contributed by atoms with Gasteiger partial charge < -0.3 is 10.6 Å². The fraction of sp³-hybridized carbons (Fsp3) is 0.250. The lowest BCUT2D eigenvalue weighted by Crippen LogP contribution is -2.21. The Morgan fingerprint density at radius 3 is 2.47 bits per heavy atom. The first-order chi connectivity index (χ1) is 9.20. The van der Waals surface area contributed by atoms with E-state index in [9.17, 15) is 4.39 Å². The number of anilines is 1. The van der Waals surface area contributed by atoms with Crippen LogP contribution >= 0.6 is 0 Å². The number of nitrogens with zero attached hydrogens (tertiary/aromatic N) is 1. The lowest BCUT2D eigenvalue weighted by atomic mass is 10.0. The van der Waals surface area contributed by atoms with Gasteiger partial charge in [-0.25, -0.2) is 4.39 Å². The first-order valence-electron chi connectivity index (χ1n) is 6.44. The summed E-state index contributed by atoms with van der Waals surface area (Å²) in [6, 6.07) is 14.8. The number of halogens is 1. The van der Waals surface area contributed by atoms with Crippen molar-refractivity contribution in [1.29, 1.82) is 0 Å². The second kappa shape index (κ2) is 6.34. The van der Waals surface area contributed by atoms with Crippen molar-refractivity contribution in [2.75, 3.05) is 18.5 Å². The van der Waals surface area contributed by atoms with E-state index in [1.54, 1.807) is 12.1 Å². The highest BCUT2D eigenvalue weighted by Gasteiger charge is 2.04. The number of hydrogen-bond donors (Lipinski definition) is 1. The number of hydrogen-bond acceptors (Lipinski definition) is 2. The average Bonchev–Trinajstić information content (AvgIpc) is 2.45. The van der Waals surface area contributed by atoms with Gasteiger partial charge in [-0.3, -0.25) is 0 Å². The average molecular weight is 258 g/mol. The van der Waals surface area contributed by atoms with Gasteiger partial charge in [0.05, 0.1) is 0 Å². The molecule has 19 heavy (non-hydrogen) atoms. The van der Waals surface area contributed by atoms with Gasteiger partial charge in [-0.1, -0.05) is 30.3 Å². The number of benzene rings is 2. The maximum absolute atomic E-state index is 13.2. The Kier molecular flexibility index (Phi) is 4.53. The van der Waals surface area contributed by atoms with Crippen molar-refractivity contribution in [3.05, 3.63) is 65.5 Å². The van der Waals surface area contributed by atoms with Gasteiger partial charge in [0.2, 0.25) is 0 Å². The maximum atomic E-state index is 13.2. The molecule has 0 aliphatic heterocycles. The van der Waals surface area contributed by atoms with Crippen LogP contribution < -0.4 is 10.6 Å². The van der Waals surface area contributed by atoms with Crippen LogP contribution in [0.3, 0.4) is 0 Å². The molecule has 3 heteroatoms. The van der Waals surface area contributed by atoms with Crippen LogP contribution in [0.1, 0.15) is 11.1 Å². The number of nitrogens with two attached hydrogens (primary N) is 1. The molecule has 2 N–H and O–H groups in total. The highest BCUT2D eigenvalue weighted by atomic mass is 19.1. The van der Waals surface area contributed by atoms with Crippen LogP contribution in [0.25, 0.3) is 0 Å². The second-order valence-corrected chi connectivity index (χ2v) is 4.62. The number of rotatable bonds is 5. The van der Waals surface area contributed by atoms with Crippen molar-refractivity contribution in [2.45, 2.75) is 13.0 Å².